The van der Waals surface area contributed by atoms with E-state index in [1.165, 1.54) is 18.2 Å². The number of rotatable bonds is 3. The van der Waals surface area contributed by atoms with Crippen LogP contribution in [-0.2, 0) is 0 Å². The fourth-order valence-corrected chi connectivity index (χ4v) is 1.11. The summed E-state index contributed by atoms with van der Waals surface area (Å²) in [5.74, 6) is 0.515. The van der Waals surface area contributed by atoms with Gasteiger partial charge in [0.2, 0.25) is 0 Å². The number of halogens is 1. The number of para-hydroxylation sites is 1. The van der Waals surface area contributed by atoms with Crippen molar-refractivity contribution < 1.29 is 14.3 Å². The number of benzene rings is 1. The van der Waals surface area contributed by atoms with E-state index in [1.54, 1.807) is 6.92 Å². The predicted octanol–water partition coefficient (Wildman–Crippen LogP) is 1.96. The minimum Gasteiger partial charge on any atom is -0.478 e. The highest BCUT2D eigenvalue weighted by Crippen LogP contribution is 2.20. The molecule has 0 aliphatic rings. The Bertz CT molecular complexity index is 423. The molecule has 0 fully saturated rings. The summed E-state index contributed by atoms with van der Waals surface area (Å²) in [7, 11) is 0. The van der Waals surface area contributed by atoms with Gasteiger partial charge in [-0.2, -0.15) is 0 Å². The van der Waals surface area contributed by atoms with Crippen molar-refractivity contribution in [2.45, 2.75) is 13.0 Å². The van der Waals surface area contributed by atoms with Crippen LogP contribution in [0.2, 0.25) is 0 Å². The van der Waals surface area contributed by atoms with Crippen LogP contribution in [0.3, 0.4) is 0 Å². The molecule has 4 heteroatoms. The lowest BCUT2D eigenvalue weighted by molar-refractivity contribution is 0.0697. The molecule has 2 N–H and O–H groups in total. The van der Waals surface area contributed by atoms with Gasteiger partial charge in [-0.05, 0) is 19.1 Å². The van der Waals surface area contributed by atoms with Gasteiger partial charge in [-0.15, -0.1) is 6.42 Å². The van der Waals surface area contributed by atoms with Gasteiger partial charge in [0.25, 0.3) is 0 Å². The molecular weight excluding hydrogens is 197 g/mol. The fraction of sp³-hybridized carbons (Fsp3) is 0.182. The van der Waals surface area contributed by atoms with Crippen molar-refractivity contribution in [3.63, 3.8) is 0 Å². The molecule has 0 heterocycles. The summed E-state index contributed by atoms with van der Waals surface area (Å²) in [5, 5.41) is 11.4. The standard InChI is InChI=1S/C11H10FNO2/c1-3-7(2)13-10-8(11(14)15)5-4-6-9(10)12/h1,4-7,13H,2H3,(H,14,15). The lowest BCUT2D eigenvalue weighted by Crippen LogP contribution is -2.16. The number of hydrogen-bond donors (Lipinski definition) is 2. The van der Waals surface area contributed by atoms with Gasteiger partial charge in [-0.25, -0.2) is 9.18 Å². The van der Waals surface area contributed by atoms with E-state index in [9.17, 15) is 9.18 Å². The summed E-state index contributed by atoms with van der Waals surface area (Å²) in [6.45, 7) is 1.64. The maximum atomic E-state index is 13.3. The molecule has 1 aromatic rings. The van der Waals surface area contributed by atoms with Crippen LogP contribution in [0.5, 0.6) is 0 Å². The molecule has 3 nitrogen and oxygen atoms in total. The number of anilines is 1. The maximum absolute atomic E-state index is 13.3. The van der Waals surface area contributed by atoms with Gasteiger partial charge in [0.15, 0.2) is 0 Å². The smallest absolute Gasteiger partial charge is 0.337 e. The molecule has 0 radical (unpaired) electrons. The average Bonchev–Trinajstić information content (AvgIpc) is 2.20. The zero-order valence-electron chi connectivity index (χ0n) is 8.12. The van der Waals surface area contributed by atoms with Crippen LogP contribution >= 0.6 is 0 Å². The highest BCUT2D eigenvalue weighted by molar-refractivity contribution is 5.94. The first-order valence-corrected chi connectivity index (χ1v) is 4.30. The second-order valence-corrected chi connectivity index (χ2v) is 3.00. The maximum Gasteiger partial charge on any atom is 0.337 e. The highest BCUT2D eigenvalue weighted by atomic mass is 19.1. The molecule has 0 saturated heterocycles. The van der Waals surface area contributed by atoms with Gasteiger partial charge >= 0.3 is 5.97 Å². The predicted molar refractivity (Wildman–Crippen MR) is 55.3 cm³/mol. The molecule has 15 heavy (non-hydrogen) atoms. The first kappa shape index (κ1) is 11.1. The molecule has 0 aliphatic carbocycles. The number of terminal acetylenes is 1. The third kappa shape index (κ3) is 2.47. The van der Waals surface area contributed by atoms with Crippen molar-refractivity contribution in [3.05, 3.63) is 29.6 Å². The number of carbonyl (C=O) groups is 1. The van der Waals surface area contributed by atoms with E-state index >= 15 is 0 Å². The van der Waals surface area contributed by atoms with E-state index in [2.05, 4.69) is 11.2 Å². The summed E-state index contributed by atoms with van der Waals surface area (Å²) >= 11 is 0. The van der Waals surface area contributed by atoms with Crippen LogP contribution < -0.4 is 5.32 Å². The highest BCUT2D eigenvalue weighted by Gasteiger charge is 2.14. The molecule has 1 aromatic carbocycles. The molecule has 0 amide bonds. The van der Waals surface area contributed by atoms with Crippen molar-refractivity contribution in [1.29, 1.82) is 0 Å². The van der Waals surface area contributed by atoms with Gasteiger partial charge in [0, 0.05) is 0 Å². The van der Waals surface area contributed by atoms with Crippen LogP contribution in [0.25, 0.3) is 0 Å². The lowest BCUT2D eigenvalue weighted by atomic mass is 10.1. The molecule has 0 bridgehead atoms. The first-order valence-electron chi connectivity index (χ1n) is 4.30. The average molecular weight is 207 g/mol. The first-order chi connectivity index (χ1) is 7.06. The third-order valence-corrected chi connectivity index (χ3v) is 1.85. The number of carboxylic acids is 1. The quantitative estimate of drug-likeness (QED) is 0.745. The van der Waals surface area contributed by atoms with E-state index in [4.69, 9.17) is 11.5 Å². The molecule has 1 unspecified atom stereocenters. The van der Waals surface area contributed by atoms with Crippen molar-refractivity contribution in [2.75, 3.05) is 5.32 Å². The van der Waals surface area contributed by atoms with Crippen molar-refractivity contribution in [2.24, 2.45) is 0 Å². The van der Waals surface area contributed by atoms with E-state index in [0.29, 0.717) is 0 Å². The molecule has 0 aliphatic heterocycles. The summed E-state index contributed by atoms with van der Waals surface area (Å²) < 4.78 is 13.3. The Hall–Kier alpha value is -2.02. The van der Waals surface area contributed by atoms with E-state index in [-0.39, 0.29) is 11.3 Å². The summed E-state index contributed by atoms with van der Waals surface area (Å²) in [4.78, 5) is 10.8. The molecule has 1 rings (SSSR count). The van der Waals surface area contributed by atoms with E-state index in [0.717, 1.165) is 0 Å². The summed E-state index contributed by atoms with van der Waals surface area (Å²) in [6.07, 6.45) is 5.11. The van der Waals surface area contributed by atoms with Crippen LogP contribution in [0, 0.1) is 18.2 Å². The van der Waals surface area contributed by atoms with Gasteiger partial charge in [0.05, 0.1) is 17.3 Å². The van der Waals surface area contributed by atoms with Gasteiger partial charge in [-0.3, -0.25) is 0 Å². The van der Waals surface area contributed by atoms with E-state index in [1.807, 2.05) is 0 Å². The van der Waals surface area contributed by atoms with Crippen molar-refractivity contribution in [1.82, 2.24) is 0 Å². The Balaban J connectivity index is 3.14. The SMILES string of the molecule is C#CC(C)Nc1c(F)cccc1C(=O)O. The van der Waals surface area contributed by atoms with E-state index < -0.39 is 17.8 Å². The largest absolute Gasteiger partial charge is 0.478 e. The topological polar surface area (TPSA) is 49.3 Å². The monoisotopic (exact) mass is 207 g/mol. The molecule has 78 valence electrons. The number of aromatic carboxylic acids is 1. The Labute approximate surface area is 86.9 Å². The van der Waals surface area contributed by atoms with Gasteiger partial charge in [0.1, 0.15) is 5.82 Å². The Morgan fingerprint density at radius 2 is 2.33 bits per heavy atom. The lowest BCUT2D eigenvalue weighted by Gasteiger charge is -2.12. The zero-order chi connectivity index (χ0) is 11.4. The fourth-order valence-electron chi connectivity index (χ4n) is 1.11. The third-order valence-electron chi connectivity index (χ3n) is 1.85. The van der Waals surface area contributed by atoms with Gasteiger partial charge < -0.3 is 10.4 Å². The van der Waals surface area contributed by atoms with Crippen LogP contribution in [0.1, 0.15) is 17.3 Å². The Kier molecular flexibility index (Phi) is 3.29. The number of nitrogens with one attached hydrogen (secondary N) is 1. The van der Waals surface area contributed by atoms with Crippen LogP contribution in [-0.4, -0.2) is 17.1 Å². The minimum atomic E-state index is -1.19. The van der Waals surface area contributed by atoms with Crippen molar-refractivity contribution >= 4 is 11.7 Å². The molecule has 1 atom stereocenters. The molecule has 0 aromatic heterocycles. The van der Waals surface area contributed by atoms with Crippen LogP contribution in [0.15, 0.2) is 18.2 Å². The van der Waals surface area contributed by atoms with Crippen LogP contribution in [0.4, 0.5) is 10.1 Å². The number of hydrogen-bond acceptors (Lipinski definition) is 2. The normalized spacial score (nSPS) is 11.5. The molecular formula is C11H10FNO2. The number of carboxylic acid groups (broad SMARTS) is 1. The molecule has 0 saturated carbocycles. The second-order valence-electron chi connectivity index (χ2n) is 3.00. The minimum absolute atomic E-state index is 0.0737. The second kappa shape index (κ2) is 4.47. The molecule has 0 spiro atoms. The Morgan fingerprint density at radius 3 is 2.87 bits per heavy atom. The summed E-state index contributed by atoms with van der Waals surface area (Å²) in [6, 6.07) is 3.40. The van der Waals surface area contributed by atoms with Crippen molar-refractivity contribution in [3.8, 4) is 12.3 Å². The Morgan fingerprint density at radius 1 is 1.67 bits per heavy atom. The zero-order valence-corrected chi connectivity index (χ0v) is 8.12. The summed E-state index contributed by atoms with van der Waals surface area (Å²) in [5.41, 5.74) is -0.201. The van der Waals surface area contributed by atoms with Gasteiger partial charge in [-0.1, -0.05) is 12.0 Å².